The number of hydrogen-bond acceptors (Lipinski definition) is 3. The van der Waals surface area contributed by atoms with Gasteiger partial charge in [0.25, 0.3) is 0 Å². The highest BCUT2D eigenvalue weighted by Gasteiger charge is 2.08. The van der Waals surface area contributed by atoms with Crippen molar-refractivity contribution in [2.45, 2.75) is 84.5 Å². The Morgan fingerprint density at radius 3 is 1.78 bits per heavy atom. The van der Waals surface area contributed by atoms with Crippen LogP contribution in [0.25, 0.3) is 0 Å². The molecule has 0 aliphatic heterocycles. The molecule has 110 valence electrons. The van der Waals surface area contributed by atoms with Crippen molar-refractivity contribution in [3.63, 3.8) is 0 Å². The predicted octanol–water partition coefficient (Wildman–Crippen LogP) is 3.89. The summed E-state index contributed by atoms with van der Waals surface area (Å²) < 4.78 is 11.4. The standard InChI is InChI=1S/C15H32O3/c1-4-12-17-15(18-13-5-2)11-9-7-6-8-10-14(3)16/h14-16H,4-13H2,1-3H3. The van der Waals surface area contributed by atoms with Crippen LogP contribution in [-0.2, 0) is 9.47 Å². The monoisotopic (exact) mass is 260 g/mol. The molecule has 0 aliphatic carbocycles. The van der Waals surface area contributed by atoms with E-state index >= 15 is 0 Å². The Balaban J connectivity index is 3.49. The summed E-state index contributed by atoms with van der Waals surface area (Å²) in [6.45, 7) is 7.67. The Morgan fingerprint density at radius 2 is 1.33 bits per heavy atom. The maximum absolute atomic E-state index is 9.15. The first-order valence-electron chi connectivity index (χ1n) is 7.62. The van der Waals surface area contributed by atoms with Gasteiger partial charge in [-0.2, -0.15) is 0 Å². The lowest BCUT2D eigenvalue weighted by Gasteiger charge is -2.18. The van der Waals surface area contributed by atoms with Crippen LogP contribution in [0.5, 0.6) is 0 Å². The highest BCUT2D eigenvalue weighted by Crippen LogP contribution is 2.12. The van der Waals surface area contributed by atoms with Gasteiger partial charge < -0.3 is 14.6 Å². The van der Waals surface area contributed by atoms with Gasteiger partial charge in [-0.3, -0.25) is 0 Å². The van der Waals surface area contributed by atoms with Gasteiger partial charge in [0, 0.05) is 13.2 Å². The van der Waals surface area contributed by atoms with Crippen molar-refractivity contribution in [2.75, 3.05) is 13.2 Å². The molecule has 0 aromatic heterocycles. The van der Waals surface area contributed by atoms with Crippen LogP contribution in [0.1, 0.15) is 72.1 Å². The van der Waals surface area contributed by atoms with Gasteiger partial charge in [0.1, 0.15) is 0 Å². The number of unbranched alkanes of at least 4 members (excludes halogenated alkanes) is 3. The molecule has 0 aromatic carbocycles. The third-order valence-electron chi connectivity index (χ3n) is 2.83. The molecule has 0 radical (unpaired) electrons. The van der Waals surface area contributed by atoms with E-state index in [1.54, 1.807) is 0 Å². The van der Waals surface area contributed by atoms with Gasteiger partial charge in [-0.05, 0) is 39.0 Å². The van der Waals surface area contributed by atoms with Crippen molar-refractivity contribution in [1.29, 1.82) is 0 Å². The van der Waals surface area contributed by atoms with Crippen LogP contribution in [0.4, 0.5) is 0 Å². The molecule has 1 unspecified atom stereocenters. The predicted molar refractivity (Wildman–Crippen MR) is 75.7 cm³/mol. The van der Waals surface area contributed by atoms with Crippen molar-refractivity contribution in [3.8, 4) is 0 Å². The van der Waals surface area contributed by atoms with Crippen LogP contribution in [0.3, 0.4) is 0 Å². The zero-order chi connectivity index (χ0) is 13.6. The fourth-order valence-electron chi connectivity index (χ4n) is 1.82. The third-order valence-corrected chi connectivity index (χ3v) is 2.83. The van der Waals surface area contributed by atoms with E-state index in [2.05, 4.69) is 13.8 Å². The molecule has 0 rings (SSSR count). The number of aliphatic hydroxyl groups is 1. The van der Waals surface area contributed by atoms with E-state index in [1.807, 2.05) is 6.92 Å². The topological polar surface area (TPSA) is 38.7 Å². The second-order valence-corrected chi connectivity index (χ2v) is 5.01. The molecule has 0 bridgehead atoms. The second kappa shape index (κ2) is 13.3. The summed E-state index contributed by atoms with van der Waals surface area (Å²) in [7, 11) is 0. The Kier molecular flexibility index (Phi) is 13.2. The van der Waals surface area contributed by atoms with Crippen LogP contribution in [0.15, 0.2) is 0 Å². The fourth-order valence-corrected chi connectivity index (χ4v) is 1.82. The molecule has 1 N–H and O–H groups in total. The van der Waals surface area contributed by atoms with E-state index in [9.17, 15) is 0 Å². The van der Waals surface area contributed by atoms with Gasteiger partial charge >= 0.3 is 0 Å². The highest BCUT2D eigenvalue weighted by atomic mass is 16.7. The molecule has 1 atom stereocenters. The molecule has 0 aliphatic rings. The van der Waals surface area contributed by atoms with Gasteiger partial charge in [-0.25, -0.2) is 0 Å². The molecular formula is C15H32O3. The van der Waals surface area contributed by atoms with Gasteiger partial charge in [0.05, 0.1) is 6.10 Å². The molecule has 0 amide bonds. The summed E-state index contributed by atoms with van der Waals surface area (Å²) in [5.41, 5.74) is 0. The lowest BCUT2D eigenvalue weighted by molar-refractivity contribution is -0.146. The second-order valence-electron chi connectivity index (χ2n) is 5.01. The summed E-state index contributed by atoms with van der Waals surface area (Å²) >= 11 is 0. The first-order valence-corrected chi connectivity index (χ1v) is 7.62. The van der Waals surface area contributed by atoms with Crippen molar-refractivity contribution in [2.24, 2.45) is 0 Å². The summed E-state index contributed by atoms with van der Waals surface area (Å²) in [5, 5.41) is 9.15. The van der Waals surface area contributed by atoms with Gasteiger partial charge in [-0.1, -0.05) is 33.1 Å². The number of rotatable bonds is 13. The molecule has 0 heterocycles. The first kappa shape index (κ1) is 17.9. The number of aliphatic hydroxyl groups excluding tert-OH is 1. The van der Waals surface area contributed by atoms with E-state index < -0.39 is 0 Å². The molecule has 0 saturated carbocycles. The van der Waals surface area contributed by atoms with E-state index in [0.717, 1.165) is 51.7 Å². The minimum absolute atomic E-state index is 0.0123. The van der Waals surface area contributed by atoms with Gasteiger partial charge in [-0.15, -0.1) is 0 Å². The first-order chi connectivity index (χ1) is 8.70. The van der Waals surface area contributed by atoms with Crippen molar-refractivity contribution < 1.29 is 14.6 Å². The molecule has 3 heteroatoms. The van der Waals surface area contributed by atoms with Crippen LogP contribution >= 0.6 is 0 Å². The van der Waals surface area contributed by atoms with Gasteiger partial charge in [0.15, 0.2) is 6.29 Å². The van der Waals surface area contributed by atoms with Crippen LogP contribution < -0.4 is 0 Å². The third kappa shape index (κ3) is 12.3. The molecule has 0 spiro atoms. The molecule has 18 heavy (non-hydrogen) atoms. The van der Waals surface area contributed by atoms with E-state index in [-0.39, 0.29) is 12.4 Å². The molecular weight excluding hydrogens is 228 g/mol. The smallest absolute Gasteiger partial charge is 0.157 e. The fraction of sp³-hybridized carbons (Fsp3) is 1.00. The SMILES string of the molecule is CCCOC(CCCCCCC(C)O)OCCC. The zero-order valence-electron chi connectivity index (χ0n) is 12.5. The van der Waals surface area contributed by atoms with Crippen LogP contribution in [0, 0.1) is 0 Å². The van der Waals surface area contributed by atoms with Gasteiger partial charge in [0.2, 0.25) is 0 Å². The van der Waals surface area contributed by atoms with Crippen molar-refractivity contribution in [1.82, 2.24) is 0 Å². The largest absolute Gasteiger partial charge is 0.393 e. The molecule has 0 aromatic rings. The maximum Gasteiger partial charge on any atom is 0.157 e. The lowest BCUT2D eigenvalue weighted by Crippen LogP contribution is -2.18. The maximum atomic E-state index is 9.15. The lowest BCUT2D eigenvalue weighted by atomic mass is 10.1. The molecule has 3 nitrogen and oxygen atoms in total. The van der Waals surface area contributed by atoms with E-state index in [0.29, 0.717) is 0 Å². The number of hydrogen-bond donors (Lipinski definition) is 1. The molecule has 0 saturated heterocycles. The summed E-state index contributed by atoms with van der Waals surface area (Å²) in [4.78, 5) is 0. The zero-order valence-corrected chi connectivity index (χ0v) is 12.5. The van der Waals surface area contributed by atoms with E-state index in [1.165, 1.54) is 12.8 Å². The Bertz CT molecular complexity index is 152. The van der Waals surface area contributed by atoms with Crippen LogP contribution in [0.2, 0.25) is 0 Å². The Hall–Kier alpha value is -0.120. The average molecular weight is 260 g/mol. The van der Waals surface area contributed by atoms with Crippen LogP contribution in [-0.4, -0.2) is 30.7 Å². The quantitative estimate of drug-likeness (QED) is 0.403. The molecule has 0 fully saturated rings. The normalized spacial score (nSPS) is 13.2. The summed E-state index contributed by atoms with van der Waals surface area (Å²) in [6.07, 6.45) is 8.50. The number of ether oxygens (including phenoxy) is 2. The van der Waals surface area contributed by atoms with E-state index in [4.69, 9.17) is 14.6 Å². The summed E-state index contributed by atoms with van der Waals surface area (Å²) in [6, 6.07) is 0. The minimum atomic E-state index is -0.154. The minimum Gasteiger partial charge on any atom is -0.393 e. The summed E-state index contributed by atoms with van der Waals surface area (Å²) in [5.74, 6) is 0. The Labute approximate surface area is 113 Å². The van der Waals surface area contributed by atoms with Crippen molar-refractivity contribution >= 4 is 0 Å². The highest BCUT2D eigenvalue weighted by molar-refractivity contribution is 4.52. The Morgan fingerprint density at radius 1 is 0.833 bits per heavy atom. The average Bonchev–Trinajstić information content (AvgIpc) is 2.35. The van der Waals surface area contributed by atoms with Crippen molar-refractivity contribution in [3.05, 3.63) is 0 Å².